The molecule has 10 atom stereocenters. The number of unbranched alkanes of at least 4 members (excludes halogenated alkanes) is 1. The maximum Gasteiger partial charge on any atom is 0.266 e. The van der Waals surface area contributed by atoms with Crippen LogP contribution in [-0.4, -0.2) is 52.1 Å². The molecule has 1 radical (unpaired) electrons. The molecule has 2 saturated heterocycles. The van der Waals surface area contributed by atoms with E-state index >= 15 is 0 Å². The van der Waals surface area contributed by atoms with Gasteiger partial charge in [-0.3, -0.25) is 28.9 Å². The monoisotopic (exact) mass is 561 g/mol. The summed E-state index contributed by atoms with van der Waals surface area (Å²) in [6.45, 7) is 12.3. The molecule has 0 aromatic rings. The van der Waals surface area contributed by atoms with Gasteiger partial charge in [0.1, 0.15) is 5.78 Å². The normalized spacial score (nSPS) is 44.5. The van der Waals surface area contributed by atoms with Crippen LogP contribution in [0.15, 0.2) is 0 Å². The van der Waals surface area contributed by atoms with Crippen LogP contribution in [0, 0.1) is 58.2 Å². The predicted molar refractivity (Wildman–Crippen MR) is 153 cm³/mol. The summed E-state index contributed by atoms with van der Waals surface area (Å²) in [6, 6.07) is 0. The molecular weight excluding hydrogens is 515 g/mol. The van der Waals surface area contributed by atoms with E-state index in [4.69, 9.17) is 0 Å². The zero-order chi connectivity index (χ0) is 29.4. The minimum Gasteiger partial charge on any atom is -0.333 e. The highest BCUT2D eigenvalue weighted by Gasteiger charge is 2.78. The quantitative estimate of drug-likeness (QED) is 0.329. The fraction of sp³-hybridized carbons (Fsp3) is 0.848. The van der Waals surface area contributed by atoms with Gasteiger partial charge in [-0.2, -0.15) is 0 Å². The van der Waals surface area contributed by atoms with Gasteiger partial charge >= 0.3 is 0 Å². The Morgan fingerprint density at radius 2 is 1.24 bits per heavy atom. The van der Waals surface area contributed by atoms with Gasteiger partial charge in [0.05, 0.1) is 23.7 Å². The minimum atomic E-state index is -0.552. The summed E-state index contributed by atoms with van der Waals surface area (Å²) >= 11 is 0. The third-order valence-corrected chi connectivity index (χ3v) is 13.5. The molecule has 8 heteroatoms. The number of hydrogen-bond donors (Lipinski definition) is 0. The topological polar surface area (TPSA) is 91.8 Å². The molecule has 7 fully saturated rings. The van der Waals surface area contributed by atoms with Crippen LogP contribution in [0.1, 0.15) is 106 Å². The number of hydrogen-bond acceptors (Lipinski definition) is 5. The molecule has 7 nitrogen and oxygen atoms in total. The van der Waals surface area contributed by atoms with Crippen LogP contribution in [0.5, 0.6) is 0 Å². The van der Waals surface area contributed by atoms with Crippen molar-refractivity contribution >= 4 is 36.8 Å². The molecule has 4 unspecified atom stereocenters. The number of carbonyl (C=O) groups excluding carboxylic acids is 5. The van der Waals surface area contributed by atoms with Crippen molar-refractivity contribution in [3.63, 3.8) is 0 Å². The SMILES string of the molecule is CCCCC(C)(C)[B]N1C(=O)C2C(C1=O)[C@H]1C[C@@H]2C[C@]12CC[C@]1(C[C@H]3C[C@@H]1C1C(=O)N(C(C)(C)CC)C(=O)C13)C2=O. The Hall–Kier alpha value is -1.99. The average Bonchev–Trinajstić information content (AvgIpc) is 3.76. The van der Waals surface area contributed by atoms with Crippen molar-refractivity contribution < 1.29 is 24.0 Å². The molecule has 221 valence electrons. The number of likely N-dealkylation sites (tertiary alicyclic amines) is 1. The lowest BCUT2D eigenvalue weighted by atomic mass is 9.58. The fourth-order valence-corrected chi connectivity index (χ4v) is 11.5. The zero-order valence-corrected chi connectivity index (χ0v) is 25.7. The molecular formula is C33H46BN2O5. The van der Waals surface area contributed by atoms with Crippen molar-refractivity contribution in [3.8, 4) is 0 Å². The Morgan fingerprint density at radius 3 is 1.78 bits per heavy atom. The van der Waals surface area contributed by atoms with E-state index < -0.39 is 16.4 Å². The van der Waals surface area contributed by atoms with Crippen LogP contribution in [0.4, 0.5) is 0 Å². The summed E-state index contributed by atoms with van der Waals surface area (Å²) in [5, 5.41) is -0.241. The van der Waals surface area contributed by atoms with Crippen LogP contribution >= 0.6 is 0 Å². The van der Waals surface area contributed by atoms with Gasteiger partial charge in [0, 0.05) is 16.4 Å². The molecule has 2 spiro atoms. The van der Waals surface area contributed by atoms with Crippen LogP contribution in [0.3, 0.4) is 0 Å². The molecule has 0 aromatic heterocycles. The molecule has 0 N–H and O–H groups in total. The maximum absolute atomic E-state index is 14.8. The lowest BCUT2D eigenvalue weighted by molar-refractivity contribution is -0.147. The second-order valence-electron chi connectivity index (χ2n) is 16.3. The molecule has 4 amide bonds. The van der Waals surface area contributed by atoms with Crippen molar-refractivity contribution in [2.75, 3.05) is 0 Å². The highest BCUT2D eigenvalue weighted by Crippen LogP contribution is 2.76. The maximum atomic E-state index is 14.8. The average molecular weight is 562 g/mol. The van der Waals surface area contributed by atoms with E-state index in [-0.39, 0.29) is 82.1 Å². The molecule has 2 aliphatic heterocycles. The number of nitrogens with zero attached hydrogens (tertiary/aromatic N) is 2. The van der Waals surface area contributed by atoms with Gasteiger partial charge in [-0.15, -0.1) is 0 Å². The van der Waals surface area contributed by atoms with E-state index in [1.165, 1.54) is 9.71 Å². The smallest absolute Gasteiger partial charge is 0.266 e. The van der Waals surface area contributed by atoms with Crippen LogP contribution in [0.25, 0.3) is 0 Å². The Balaban J connectivity index is 1.15. The van der Waals surface area contributed by atoms with Gasteiger partial charge in [-0.25, -0.2) is 0 Å². The summed E-state index contributed by atoms with van der Waals surface area (Å²) in [4.78, 5) is 72.7. The summed E-state index contributed by atoms with van der Waals surface area (Å²) in [5.41, 5.74) is -1.62. The standard InChI is InChI=1S/C33H46BN2O5/c1-7-9-10-30(3,4)34-36-27(39)22-18-14-20(24(22)28(36)40)33(16-18)12-11-32(29(33)41)15-17-13-19(32)23-21(17)25(37)35(26(23)38)31(5,6)8-2/h17-24H,7-16H2,1-6H3/t17-,18-,19-,20-,21?,22?,23?,24?,32-,33-/m1/s1. The summed E-state index contributed by atoms with van der Waals surface area (Å²) in [7, 11) is 1.87. The highest BCUT2D eigenvalue weighted by molar-refractivity contribution is 6.47. The minimum absolute atomic E-state index is 0.0228. The molecule has 0 aromatic carbocycles. The number of fused-ring (bicyclic) bond motifs is 12. The van der Waals surface area contributed by atoms with Gasteiger partial charge in [0.25, 0.3) is 7.41 Å². The van der Waals surface area contributed by atoms with Crippen molar-refractivity contribution in [1.29, 1.82) is 0 Å². The van der Waals surface area contributed by atoms with E-state index in [0.717, 1.165) is 44.9 Å². The second kappa shape index (κ2) is 8.56. The largest absolute Gasteiger partial charge is 0.333 e. The molecule has 7 rings (SSSR count). The van der Waals surface area contributed by atoms with Crippen molar-refractivity contribution in [3.05, 3.63) is 0 Å². The number of ketones is 1. The third kappa shape index (κ3) is 3.31. The van der Waals surface area contributed by atoms with Crippen LogP contribution < -0.4 is 0 Å². The van der Waals surface area contributed by atoms with E-state index in [0.29, 0.717) is 19.3 Å². The number of carbonyl (C=O) groups is 5. The van der Waals surface area contributed by atoms with Crippen LogP contribution in [-0.2, 0) is 24.0 Å². The van der Waals surface area contributed by atoms with Crippen molar-refractivity contribution in [2.24, 2.45) is 58.2 Å². The van der Waals surface area contributed by atoms with E-state index in [1.54, 1.807) is 0 Å². The summed E-state index contributed by atoms with van der Waals surface area (Å²) in [6.07, 6.45) is 8.26. The zero-order valence-electron chi connectivity index (χ0n) is 25.7. The molecule has 5 aliphatic carbocycles. The summed E-state index contributed by atoms with van der Waals surface area (Å²) < 4.78 is 0. The molecule has 4 bridgehead atoms. The molecule has 5 saturated carbocycles. The number of Topliss-reactive ketones (excluding diaryl/α,β-unsaturated/α-hetero) is 1. The lowest BCUT2D eigenvalue weighted by Gasteiger charge is -2.42. The third-order valence-electron chi connectivity index (χ3n) is 13.5. The second-order valence-corrected chi connectivity index (χ2v) is 16.3. The first-order valence-corrected chi connectivity index (χ1v) is 16.4. The van der Waals surface area contributed by atoms with Gasteiger partial charge < -0.3 is 4.81 Å². The van der Waals surface area contributed by atoms with Gasteiger partial charge in [0.15, 0.2) is 0 Å². The number of rotatable bonds is 7. The van der Waals surface area contributed by atoms with Gasteiger partial charge in [-0.05, 0) is 87.8 Å². The van der Waals surface area contributed by atoms with Crippen molar-refractivity contribution in [2.45, 2.75) is 117 Å². The van der Waals surface area contributed by atoms with E-state index in [9.17, 15) is 24.0 Å². The van der Waals surface area contributed by atoms with Crippen molar-refractivity contribution in [1.82, 2.24) is 9.71 Å². The first-order valence-electron chi connectivity index (χ1n) is 16.4. The Labute approximate surface area is 245 Å². The van der Waals surface area contributed by atoms with E-state index in [1.807, 2.05) is 28.2 Å². The predicted octanol–water partition coefficient (Wildman–Crippen LogP) is 4.80. The first kappa shape index (κ1) is 27.8. The van der Waals surface area contributed by atoms with Gasteiger partial charge in [-0.1, -0.05) is 47.0 Å². The molecule has 41 heavy (non-hydrogen) atoms. The molecule has 7 aliphatic rings. The Bertz CT molecular complexity index is 1260. The number of amides is 4. The Kier molecular flexibility index (Phi) is 5.81. The lowest BCUT2D eigenvalue weighted by Crippen LogP contribution is -2.49. The van der Waals surface area contributed by atoms with Gasteiger partial charge in [0.2, 0.25) is 23.6 Å². The summed E-state index contributed by atoms with van der Waals surface area (Å²) in [5.74, 6) is -1.24. The van der Waals surface area contributed by atoms with E-state index in [2.05, 4.69) is 20.8 Å². The van der Waals surface area contributed by atoms with Crippen LogP contribution in [0.2, 0.25) is 5.31 Å². The number of imide groups is 2. The highest BCUT2D eigenvalue weighted by atomic mass is 16.2. The molecule has 2 heterocycles. The fourth-order valence-electron chi connectivity index (χ4n) is 11.5. The Morgan fingerprint density at radius 1 is 0.756 bits per heavy atom. The first-order chi connectivity index (χ1) is 19.2.